The molecule has 2 rings (SSSR count). The van der Waals surface area contributed by atoms with Crippen molar-refractivity contribution in [3.8, 4) is 0 Å². The minimum atomic E-state index is -0.123. The van der Waals surface area contributed by atoms with Gasteiger partial charge in [-0.2, -0.15) is 0 Å². The van der Waals surface area contributed by atoms with Crippen LogP contribution in [-0.2, 0) is 4.79 Å². The van der Waals surface area contributed by atoms with E-state index in [9.17, 15) is 9.59 Å². The fourth-order valence-electron chi connectivity index (χ4n) is 2.24. The number of hydrogen-bond acceptors (Lipinski definition) is 3. The van der Waals surface area contributed by atoms with Gasteiger partial charge in [-0.05, 0) is 30.9 Å². The van der Waals surface area contributed by atoms with E-state index in [0.717, 1.165) is 5.56 Å². The Hall–Kier alpha value is -2.14. The summed E-state index contributed by atoms with van der Waals surface area (Å²) in [5.41, 5.74) is 2.31. The first-order chi connectivity index (χ1) is 11.0. The smallest absolute Gasteiger partial charge is 0.261 e. The molecule has 1 heterocycles. The van der Waals surface area contributed by atoms with Gasteiger partial charge in [0.25, 0.3) is 5.91 Å². The third kappa shape index (κ3) is 4.66. The van der Waals surface area contributed by atoms with Crippen LogP contribution in [0.15, 0.2) is 41.8 Å². The van der Waals surface area contributed by atoms with Crippen molar-refractivity contribution in [2.24, 2.45) is 0 Å². The molecule has 0 saturated carbocycles. The highest BCUT2D eigenvalue weighted by molar-refractivity contribution is 7.12. The molecule has 0 aliphatic rings. The third-order valence-electron chi connectivity index (χ3n) is 3.90. The number of carbonyl (C=O) groups excluding carboxylic acids is 2. The number of aryl methyl sites for hydroxylation is 1. The number of carbonyl (C=O) groups is 2. The van der Waals surface area contributed by atoms with Crippen LogP contribution in [0, 0.1) is 6.92 Å². The zero-order chi connectivity index (χ0) is 16.8. The summed E-state index contributed by atoms with van der Waals surface area (Å²) in [7, 11) is 1.80. The van der Waals surface area contributed by atoms with Crippen molar-refractivity contribution in [1.29, 1.82) is 0 Å². The number of rotatable bonds is 6. The average molecular weight is 330 g/mol. The zero-order valence-corrected chi connectivity index (χ0v) is 14.5. The van der Waals surface area contributed by atoms with E-state index in [0.29, 0.717) is 17.8 Å². The Morgan fingerprint density at radius 3 is 2.52 bits per heavy atom. The molecule has 1 N–H and O–H groups in total. The van der Waals surface area contributed by atoms with Gasteiger partial charge in [0.2, 0.25) is 5.91 Å². The molecule has 0 fully saturated rings. The number of benzene rings is 1. The second kappa shape index (κ2) is 7.92. The maximum Gasteiger partial charge on any atom is 0.261 e. The van der Waals surface area contributed by atoms with Crippen molar-refractivity contribution in [3.05, 3.63) is 57.8 Å². The molecule has 2 amide bonds. The summed E-state index contributed by atoms with van der Waals surface area (Å²) in [6.45, 7) is 4.40. The van der Waals surface area contributed by atoms with Crippen molar-refractivity contribution in [2.45, 2.75) is 26.3 Å². The first-order valence-electron chi connectivity index (χ1n) is 7.63. The van der Waals surface area contributed by atoms with Crippen LogP contribution in [-0.4, -0.2) is 30.3 Å². The van der Waals surface area contributed by atoms with Gasteiger partial charge in [0, 0.05) is 20.0 Å². The molecule has 0 aliphatic heterocycles. The van der Waals surface area contributed by atoms with Crippen molar-refractivity contribution >= 4 is 23.2 Å². The molecule has 2 aromatic rings. The first kappa shape index (κ1) is 17.2. The van der Waals surface area contributed by atoms with Gasteiger partial charge in [0.15, 0.2) is 0 Å². The molecule has 0 spiro atoms. The Kier molecular flexibility index (Phi) is 5.93. The van der Waals surface area contributed by atoms with E-state index in [4.69, 9.17) is 0 Å². The van der Waals surface area contributed by atoms with E-state index in [1.165, 1.54) is 16.9 Å². The summed E-state index contributed by atoms with van der Waals surface area (Å²) in [5.74, 6) is -0.105. The maximum absolute atomic E-state index is 12.3. The molecule has 1 atom stereocenters. The average Bonchev–Trinajstić information content (AvgIpc) is 3.08. The van der Waals surface area contributed by atoms with E-state index in [1.54, 1.807) is 18.0 Å². The Labute approximate surface area is 141 Å². The van der Waals surface area contributed by atoms with E-state index < -0.39 is 0 Å². The summed E-state index contributed by atoms with van der Waals surface area (Å²) in [4.78, 5) is 26.5. The molecule has 23 heavy (non-hydrogen) atoms. The molecule has 0 saturated heterocycles. The predicted octanol–water partition coefficient (Wildman–Crippen LogP) is 3.40. The molecule has 0 aliphatic carbocycles. The second-order valence-corrected chi connectivity index (χ2v) is 6.52. The number of amides is 2. The molecule has 1 aromatic carbocycles. The van der Waals surface area contributed by atoms with Crippen LogP contribution in [0.1, 0.15) is 40.2 Å². The van der Waals surface area contributed by atoms with Crippen LogP contribution in [0.25, 0.3) is 0 Å². The molecular weight excluding hydrogens is 308 g/mol. The molecule has 4 nitrogen and oxygen atoms in total. The Balaban J connectivity index is 1.82. The molecule has 122 valence electrons. The van der Waals surface area contributed by atoms with Crippen LogP contribution < -0.4 is 5.32 Å². The van der Waals surface area contributed by atoms with Crippen LogP contribution in [0.4, 0.5) is 0 Å². The number of nitrogens with one attached hydrogen (secondary N) is 1. The van der Waals surface area contributed by atoms with Gasteiger partial charge in [-0.3, -0.25) is 9.59 Å². The quantitative estimate of drug-likeness (QED) is 0.882. The van der Waals surface area contributed by atoms with Crippen LogP contribution in [0.2, 0.25) is 0 Å². The van der Waals surface area contributed by atoms with Crippen molar-refractivity contribution in [1.82, 2.24) is 10.2 Å². The topological polar surface area (TPSA) is 49.4 Å². The van der Waals surface area contributed by atoms with Crippen molar-refractivity contribution < 1.29 is 9.59 Å². The fraction of sp³-hybridized carbons (Fsp3) is 0.333. The fourth-order valence-corrected chi connectivity index (χ4v) is 2.88. The number of nitrogens with zero attached hydrogens (tertiary/aromatic N) is 1. The van der Waals surface area contributed by atoms with Gasteiger partial charge in [-0.15, -0.1) is 11.3 Å². The van der Waals surface area contributed by atoms with Crippen LogP contribution in [0.5, 0.6) is 0 Å². The largest absolute Gasteiger partial charge is 0.351 e. The lowest BCUT2D eigenvalue weighted by Gasteiger charge is -2.25. The van der Waals surface area contributed by atoms with Gasteiger partial charge in [0.1, 0.15) is 0 Å². The second-order valence-electron chi connectivity index (χ2n) is 5.57. The van der Waals surface area contributed by atoms with Crippen molar-refractivity contribution in [3.63, 3.8) is 0 Å². The van der Waals surface area contributed by atoms with E-state index in [1.807, 2.05) is 49.6 Å². The normalized spacial score (nSPS) is 11.8. The minimum absolute atomic E-state index is 0.0103. The summed E-state index contributed by atoms with van der Waals surface area (Å²) in [6.07, 6.45) is 0.295. The molecular formula is C18H22N2O2S. The van der Waals surface area contributed by atoms with Crippen molar-refractivity contribution in [2.75, 3.05) is 13.6 Å². The maximum atomic E-state index is 12.3. The highest BCUT2D eigenvalue weighted by atomic mass is 32.1. The minimum Gasteiger partial charge on any atom is -0.351 e. The van der Waals surface area contributed by atoms with Gasteiger partial charge in [0.05, 0.1) is 10.9 Å². The number of hydrogen-bond donors (Lipinski definition) is 1. The highest BCUT2D eigenvalue weighted by Gasteiger charge is 2.17. The Morgan fingerprint density at radius 1 is 1.22 bits per heavy atom. The summed E-state index contributed by atoms with van der Waals surface area (Å²) >= 11 is 1.39. The van der Waals surface area contributed by atoms with Gasteiger partial charge in [-0.1, -0.05) is 35.9 Å². The molecule has 1 aromatic heterocycles. The monoisotopic (exact) mass is 330 g/mol. The lowest BCUT2D eigenvalue weighted by Crippen LogP contribution is -2.33. The summed E-state index contributed by atoms with van der Waals surface area (Å²) in [6, 6.07) is 11.8. The lowest BCUT2D eigenvalue weighted by molar-refractivity contribution is -0.131. The van der Waals surface area contributed by atoms with Gasteiger partial charge < -0.3 is 10.2 Å². The van der Waals surface area contributed by atoms with Gasteiger partial charge in [-0.25, -0.2) is 0 Å². The molecule has 0 radical (unpaired) electrons. The zero-order valence-electron chi connectivity index (χ0n) is 13.7. The standard InChI is InChI=1S/C18H22N2O2S/c1-13-6-8-15(9-7-13)14(2)20(3)17(21)10-11-19-18(22)16-5-4-12-23-16/h4-9,12,14H,10-11H2,1-3H3,(H,19,22). The van der Waals surface area contributed by atoms with E-state index >= 15 is 0 Å². The molecule has 5 heteroatoms. The highest BCUT2D eigenvalue weighted by Crippen LogP contribution is 2.19. The third-order valence-corrected chi connectivity index (χ3v) is 4.77. The van der Waals surface area contributed by atoms with Gasteiger partial charge >= 0.3 is 0 Å². The van der Waals surface area contributed by atoms with Crippen LogP contribution >= 0.6 is 11.3 Å². The lowest BCUT2D eigenvalue weighted by atomic mass is 10.1. The predicted molar refractivity (Wildman–Crippen MR) is 93.6 cm³/mol. The first-order valence-corrected chi connectivity index (χ1v) is 8.51. The Bertz CT molecular complexity index is 650. The molecule has 1 unspecified atom stereocenters. The summed E-state index contributed by atoms with van der Waals surface area (Å²) < 4.78 is 0. The van der Waals surface area contributed by atoms with Crippen LogP contribution in [0.3, 0.4) is 0 Å². The molecule has 0 bridgehead atoms. The van der Waals surface area contributed by atoms with E-state index in [2.05, 4.69) is 5.32 Å². The Morgan fingerprint density at radius 2 is 1.91 bits per heavy atom. The SMILES string of the molecule is Cc1ccc(C(C)N(C)C(=O)CCNC(=O)c2cccs2)cc1. The number of thiophene rings is 1. The summed E-state index contributed by atoms with van der Waals surface area (Å²) in [5, 5.41) is 4.64. The van der Waals surface area contributed by atoms with E-state index in [-0.39, 0.29) is 17.9 Å².